The monoisotopic (exact) mass is 314 g/mol. The summed E-state index contributed by atoms with van der Waals surface area (Å²) in [7, 11) is 1.50. The molecule has 2 aromatic rings. The SMILES string of the molecule is CN(CCC#N)C(=O)Cn1nc(C(=O)O)c2ccccc2c1=O. The van der Waals surface area contributed by atoms with E-state index in [2.05, 4.69) is 5.10 Å². The maximum absolute atomic E-state index is 12.4. The summed E-state index contributed by atoms with van der Waals surface area (Å²) in [5.41, 5.74) is -0.819. The van der Waals surface area contributed by atoms with Crippen LogP contribution in [0.2, 0.25) is 0 Å². The Hall–Kier alpha value is -3.21. The minimum Gasteiger partial charge on any atom is -0.476 e. The van der Waals surface area contributed by atoms with Crippen molar-refractivity contribution in [3.05, 3.63) is 40.3 Å². The number of carboxylic acid groups (broad SMARTS) is 1. The lowest BCUT2D eigenvalue weighted by molar-refractivity contribution is -0.130. The van der Waals surface area contributed by atoms with Gasteiger partial charge in [0.1, 0.15) is 6.54 Å². The highest BCUT2D eigenvalue weighted by Gasteiger charge is 2.18. The molecule has 1 N–H and O–H groups in total. The summed E-state index contributed by atoms with van der Waals surface area (Å²) in [6.07, 6.45) is 0.169. The van der Waals surface area contributed by atoms with Gasteiger partial charge in [-0.3, -0.25) is 9.59 Å². The number of carbonyl (C=O) groups is 2. The summed E-state index contributed by atoms with van der Waals surface area (Å²) in [4.78, 5) is 37.0. The highest BCUT2D eigenvalue weighted by atomic mass is 16.4. The Bertz CT molecular complexity index is 866. The van der Waals surface area contributed by atoms with E-state index in [1.807, 2.05) is 6.07 Å². The molecule has 8 heteroatoms. The Kier molecular flexibility index (Phi) is 4.71. The zero-order valence-electron chi connectivity index (χ0n) is 12.4. The zero-order chi connectivity index (χ0) is 17.0. The Morgan fingerprint density at radius 1 is 1.35 bits per heavy atom. The average molecular weight is 314 g/mol. The van der Waals surface area contributed by atoms with Crippen LogP contribution >= 0.6 is 0 Å². The van der Waals surface area contributed by atoms with Crippen LogP contribution in [0.4, 0.5) is 0 Å². The van der Waals surface area contributed by atoms with Crippen molar-refractivity contribution in [2.75, 3.05) is 13.6 Å². The first-order chi connectivity index (χ1) is 11.0. The number of carboxylic acids is 1. The van der Waals surface area contributed by atoms with Crippen LogP contribution in [0.3, 0.4) is 0 Å². The Labute approximate surface area is 131 Å². The lowest BCUT2D eigenvalue weighted by Crippen LogP contribution is -2.36. The lowest BCUT2D eigenvalue weighted by atomic mass is 10.1. The van der Waals surface area contributed by atoms with Crippen LogP contribution in [-0.2, 0) is 11.3 Å². The van der Waals surface area contributed by atoms with Crippen molar-refractivity contribution in [3.8, 4) is 6.07 Å². The van der Waals surface area contributed by atoms with Crippen molar-refractivity contribution in [1.82, 2.24) is 14.7 Å². The number of fused-ring (bicyclic) bond motifs is 1. The van der Waals surface area contributed by atoms with Gasteiger partial charge in [-0.25, -0.2) is 9.48 Å². The highest BCUT2D eigenvalue weighted by Crippen LogP contribution is 2.13. The van der Waals surface area contributed by atoms with Gasteiger partial charge in [0.05, 0.1) is 17.9 Å². The van der Waals surface area contributed by atoms with Crippen LogP contribution in [0.1, 0.15) is 16.9 Å². The Morgan fingerprint density at radius 2 is 2.00 bits per heavy atom. The normalized spacial score (nSPS) is 10.3. The fraction of sp³-hybridized carbons (Fsp3) is 0.267. The van der Waals surface area contributed by atoms with Crippen LogP contribution in [0, 0.1) is 11.3 Å². The van der Waals surface area contributed by atoms with Crippen molar-refractivity contribution in [3.63, 3.8) is 0 Å². The number of amides is 1. The Morgan fingerprint density at radius 3 is 2.61 bits per heavy atom. The third-order valence-electron chi connectivity index (χ3n) is 3.34. The number of rotatable bonds is 5. The minimum absolute atomic E-state index is 0.169. The smallest absolute Gasteiger partial charge is 0.357 e. The molecule has 1 aromatic heterocycles. The van der Waals surface area contributed by atoms with Crippen molar-refractivity contribution < 1.29 is 14.7 Å². The molecule has 1 amide bonds. The van der Waals surface area contributed by atoms with E-state index in [1.165, 1.54) is 24.1 Å². The van der Waals surface area contributed by atoms with E-state index in [1.54, 1.807) is 12.1 Å². The van der Waals surface area contributed by atoms with Gasteiger partial charge in [0.2, 0.25) is 5.91 Å². The van der Waals surface area contributed by atoms with Crippen molar-refractivity contribution in [2.24, 2.45) is 0 Å². The maximum atomic E-state index is 12.4. The average Bonchev–Trinajstić information content (AvgIpc) is 2.54. The first-order valence-corrected chi connectivity index (χ1v) is 6.79. The zero-order valence-corrected chi connectivity index (χ0v) is 12.4. The molecule has 0 aliphatic rings. The van der Waals surface area contributed by atoms with Crippen LogP contribution in [0.5, 0.6) is 0 Å². The number of aromatic carboxylic acids is 1. The summed E-state index contributed by atoms with van der Waals surface area (Å²) < 4.78 is 0.844. The van der Waals surface area contributed by atoms with Gasteiger partial charge in [-0.05, 0) is 6.07 Å². The van der Waals surface area contributed by atoms with E-state index in [9.17, 15) is 19.5 Å². The lowest BCUT2D eigenvalue weighted by Gasteiger charge is -2.16. The van der Waals surface area contributed by atoms with Gasteiger partial charge in [-0.1, -0.05) is 18.2 Å². The van der Waals surface area contributed by atoms with E-state index >= 15 is 0 Å². The first-order valence-electron chi connectivity index (χ1n) is 6.79. The molecule has 1 aromatic carbocycles. The molecule has 23 heavy (non-hydrogen) atoms. The standard InChI is InChI=1S/C15H14N4O4/c1-18(8-4-7-16)12(20)9-19-14(21)11-6-3-2-5-10(11)13(17-19)15(22)23/h2-3,5-6H,4,8-9H2,1H3,(H,22,23). The third kappa shape index (κ3) is 3.35. The van der Waals surface area contributed by atoms with Gasteiger partial charge in [-0.15, -0.1) is 0 Å². The van der Waals surface area contributed by atoms with E-state index in [4.69, 9.17) is 5.26 Å². The van der Waals surface area contributed by atoms with E-state index in [-0.39, 0.29) is 36.0 Å². The first kappa shape index (κ1) is 16.2. The molecule has 0 saturated heterocycles. The Balaban J connectivity index is 2.44. The molecule has 0 atom stereocenters. The van der Waals surface area contributed by atoms with E-state index in [0.717, 1.165) is 4.68 Å². The van der Waals surface area contributed by atoms with E-state index in [0.29, 0.717) is 0 Å². The van der Waals surface area contributed by atoms with Crippen molar-refractivity contribution in [2.45, 2.75) is 13.0 Å². The summed E-state index contributed by atoms with van der Waals surface area (Å²) in [6, 6.07) is 8.14. The molecule has 0 aliphatic carbocycles. The van der Waals surface area contributed by atoms with Gasteiger partial charge in [-0.2, -0.15) is 10.4 Å². The van der Waals surface area contributed by atoms with Crippen LogP contribution in [0.15, 0.2) is 29.1 Å². The molecule has 1 heterocycles. The van der Waals surface area contributed by atoms with Gasteiger partial charge in [0, 0.05) is 19.0 Å². The third-order valence-corrected chi connectivity index (χ3v) is 3.34. The molecule has 0 fully saturated rings. The molecule has 118 valence electrons. The fourth-order valence-electron chi connectivity index (χ4n) is 2.09. The second kappa shape index (κ2) is 6.70. The second-order valence-electron chi connectivity index (χ2n) is 4.89. The van der Waals surface area contributed by atoms with Gasteiger partial charge >= 0.3 is 5.97 Å². The number of hydrogen-bond donors (Lipinski definition) is 1. The number of nitrogens with zero attached hydrogens (tertiary/aromatic N) is 4. The predicted octanol–water partition coefficient (Wildman–Crippen LogP) is 0.467. The molecule has 0 spiro atoms. The number of carbonyl (C=O) groups excluding carboxylic acids is 1. The molecule has 0 bridgehead atoms. The molecule has 2 rings (SSSR count). The van der Waals surface area contributed by atoms with E-state index < -0.39 is 17.4 Å². The minimum atomic E-state index is -1.28. The molecule has 8 nitrogen and oxygen atoms in total. The van der Waals surface area contributed by atoms with Gasteiger partial charge in [0.15, 0.2) is 5.69 Å². The number of nitriles is 1. The van der Waals surface area contributed by atoms with Crippen LogP contribution < -0.4 is 5.56 Å². The molecule has 0 saturated carbocycles. The fourth-order valence-corrected chi connectivity index (χ4v) is 2.09. The number of benzene rings is 1. The largest absolute Gasteiger partial charge is 0.476 e. The van der Waals surface area contributed by atoms with Crippen LogP contribution in [-0.4, -0.2) is 45.3 Å². The van der Waals surface area contributed by atoms with Crippen molar-refractivity contribution >= 4 is 22.6 Å². The summed E-state index contributed by atoms with van der Waals surface area (Å²) in [5.74, 6) is -1.71. The molecular weight excluding hydrogens is 300 g/mol. The number of hydrogen-bond acceptors (Lipinski definition) is 5. The second-order valence-corrected chi connectivity index (χ2v) is 4.89. The number of aromatic nitrogens is 2. The molecule has 0 aliphatic heterocycles. The highest BCUT2D eigenvalue weighted by molar-refractivity contribution is 6.01. The predicted molar refractivity (Wildman–Crippen MR) is 80.8 cm³/mol. The molecule has 0 radical (unpaired) electrons. The maximum Gasteiger partial charge on any atom is 0.357 e. The summed E-state index contributed by atoms with van der Waals surface area (Å²) in [6.45, 7) is -0.157. The van der Waals surface area contributed by atoms with Crippen molar-refractivity contribution in [1.29, 1.82) is 5.26 Å². The summed E-state index contributed by atoms with van der Waals surface area (Å²) in [5, 5.41) is 22.0. The van der Waals surface area contributed by atoms with Crippen LogP contribution in [0.25, 0.3) is 10.8 Å². The summed E-state index contributed by atoms with van der Waals surface area (Å²) >= 11 is 0. The molecular formula is C15H14N4O4. The molecule has 0 unspecified atom stereocenters. The number of likely N-dealkylation sites (N-methyl/N-ethyl adjacent to an activating group) is 1. The van der Waals surface area contributed by atoms with Gasteiger partial charge < -0.3 is 10.0 Å². The van der Waals surface area contributed by atoms with Gasteiger partial charge in [0.25, 0.3) is 5.56 Å². The quantitative estimate of drug-likeness (QED) is 0.857. The topological polar surface area (TPSA) is 116 Å².